The lowest BCUT2D eigenvalue weighted by Crippen LogP contribution is -2.42. The van der Waals surface area contributed by atoms with Crippen molar-refractivity contribution in [2.45, 2.75) is 26.3 Å². The van der Waals surface area contributed by atoms with Crippen LogP contribution in [0.25, 0.3) is 0 Å². The average molecular weight is 310 g/mol. The highest BCUT2D eigenvalue weighted by Crippen LogP contribution is 2.26. The van der Waals surface area contributed by atoms with E-state index in [0.717, 1.165) is 36.4 Å². The minimum Gasteiger partial charge on any atom is -0.494 e. The van der Waals surface area contributed by atoms with Gasteiger partial charge in [0.25, 0.3) is 0 Å². The van der Waals surface area contributed by atoms with Crippen molar-refractivity contribution in [1.82, 2.24) is 5.32 Å². The summed E-state index contributed by atoms with van der Waals surface area (Å²) in [5.41, 5.74) is 3.34. The van der Waals surface area contributed by atoms with Gasteiger partial charge in [-0.05, 0) is 49.1 Å². The van der Waals surface area contributed by atoms with Crippen LogP contribution < -0.4 is 15.0 Å². The van der Waals surface area contributed by atoms with Crippen molar-refractivity contribution in [3.63, 3.8) is 0 Å². The molecule has 0 unspecified atom stereocenters. The van der Waals surface area contributed by atoms with E-state index in [-0.39, 0.29) is 6.03 Å². The van der Waals surface area contributed by atoms with E-state index in [4.69, 9.17) is 4.74 Å². The molecule has 0 spiro atoms. The second-order valence-electron chi connectivity index (χ2n) is 5.62. The van der Waals surface area contributed by atoms with Crippen molar-refractivity contribution in [2.75, 3.05) is 18.1 Å². The van der Waals surface area contributed by atoms with E-state index in [1.165, 1.54) is 5.56 Å². The van der Waals surface area contributed by atoms with E-state index in [0.29, 0.717) is 13.2 Å². The van der Waals surface area contributed by atoms with E-state index in [9.17, 15) is 4.79 Å². The monoisotopic (exact) mass is 310 g/mol. The largest absolute Gasteiger partial charge is 0.494 e. The van der Waals surface area contributed by atoms with Crippen LogP contribution in [0.15, 0.2) is 48.5 Å². The number of fused-ring (bicyclic) bond motifs is 1. The fourth-order valence-corrected chi connectivity index (χ4v) is 2.89. The molecule has 0 saturated carbocycles. The first-order chi connectivity index (χ1) is 11.3. The first-order valence-electron chi connectivity index (χ1n) is 8.13. The lowest BCUT2D eigenvalue weighted by Gasteiger charge is -2.29. The van der Waals surface area contributed by atoms with Crippen molar-refractivity contribution >= 4 is 11.7 Å². The fraction of sp³-hybridized carbons (Fsp3) is 0.316. The van der Waals surface area contributed by atoms with Crippen molar-refractivity contribution in [3.05, 3.63) is 59.7 Å². The van der Waals surface area contributed by atoms with Crippen LogP contribution in [0.5, 0.6) is 5.75 Å². The number of amides is 2. The van der Waals surface area contributed by atoms with Gasteiger partial charge in [0.1, 0.15) is 5.75 Å². The van der Waals surface area contributed by atoms with Gasteiger partial charge in [-0.25, -0.2) is 4.79 Å². The summed E-state index contributed by atoms with van der Waals surface area (Å²) < 4.78 is 5.43. The molecule has 0 fully saturated rings. The minimum atomic E-state index is -0.0361. The Kier molecular flexibility index (Phi) is 4.81. The van der Waals surface area contributed by atoms with E-state index in [1.807, 2.05) is 54.3 Å². The summed E-state index contributed by atoms with van der Waals surface area (Å²) in [7, 11) is 0. The second-order valence-corrected chi connectivity index (χ2v) is 5.62. The Morgan fingerprint density at radius 1 is 1.17 bits per heavy atom. The SMILES string of the molecule is CCOc1ccc(CNC(=O)N2CCCc3ccccc32)cc1. The molecule has 0 aliphatic carbocycles. The number of rotatable bonds is 4. The zero-order chi connectivity index (χ0) is 16.1. The van der Waals surface area contributed by atoms with Crippen LogP contribution in [0.2, 0.25) is 0 Å². The normalized spacial score (nSPS) is 13.3. The van der Waals surface area contributed by atoms with Gasteiger partial charge in [-0.2, -0.15) is 0 Å². The number of nitrogens with one attached hydrogen (secondary N) is 1. The van der Waals surface area contributed by atoms with Gasteiger partial charge in [-0.1, -0.05) is 30.3 Å². The molecule has 1 aliphatic rings. The number of ether oxygens (including phenoxy) is 1. The maximum Gasteiger partial charge on any atom is 0.322 e. The number of carbonyl (C=O) groups is 1. The molecule has 3 rings (SSSR count). The minimum absolute atomic E-state index is 0.0361. The van der Waals surface area contributed by atoms with Crippen LogP contribution in [-0.2, 0) is 13.0 Å². The summed E-state index contributed by atoms with van der Waals surface area (Å²) in [6.07, 6.45) is 2.05. The molecule has 0 radical (unpaired) electrons. The lowest BCUT2D eigenvalue weighted by atomic mass is 10.0. The third-order valence-corrected chi connectivity index (χ3v) is 4.03. The van der Waals surface area contributed by atoms with Crippen LogP contribution in [0.3, 0.4) is 0 Å². The van der Waals surface area contributed by atoms with Crippen molar-refractivity contribution in [3.8, 4) is 5.75 Å². The summed E-state index contributed by atoms with van der Waals surface area (Å²) in [5, 5.41) is 3.01. The predicted molar refractivity (Wildman–Crippen MR) is 92.0 cm³/mol. The maximum absolute atomic E-state index is 12.5. The van der Waals surface area contributed by atoms with Gasteiger partial charge < -0.3 is 10.1 Å². The molecular formula is C19H22N2O2. The Morgan fingerprint density at radius 3 is 2.74 bits per heavy atom. The Balaban J connectivity index is 1.62. The molecule has 2 aromatic carbocycles. The molecule has 0 bridgehead atoms. The molecule has 2 amide bonds. The topological polar surface area (TPSA) is 41.6 Å². The summed E-state index contributed by atoms with van der Waals surface area (Å²) in [4.78, 5) is 14.3. The Hall–Kier alpha value is -2.49. The fourth-order valence-electron chi connectivity index (χ4n) is 2.89. The quantitative estimate of drug-likeness (QED) is 0.934. The highest BCUT2D eigenvalue weighted by atomic mass is 16.5. The second kappa shape index (κ2) is 7.18. The van der Waals surface area contributed by atoms with Gasteiger partial charge in [-0.15, -0.1) is 0 Å². The van der Waals surface area contributed by atoms with E-state index in [2.05, 4.69) is 11.4 Å². The summed E-state index contributed by atoms with van der Waals surface area (Å²) in [6, 6.07) is 15.9. The number of nitrogens with zero attached hydrogens (tertiary/aromatic N) is 1. The third kappa shape index (κ3) is 3.65. The molecule has 23 heavy (non-hydrogen) atoms. The molecule has 1 aliphatic heterocycles. The summed E-state index contributed by atoms with van der Waals surface area (Å²) in [6.45, 7) is 3.91. The van der Waals surface area contributed by atoms with Gasteiger partial charge in [-0.3, -0.25) is 4.90 Å². The summed E-state index contributed by atoms with van der Waals surface area (Å²) >= 11 is 0. The van der Waals surface area contributed by atoms with E-state index < -0.39 is 0 Å². The summed E-state index contributed by atoms with van der Waals surface area (Å²) in [5.74, 6) is 0.854. The molecule has 1 N–H and O–H groups in total. The molecule has 1 heterocycles. The number of urea groups is 1. The number of para-hydroxylation sites is 1. The van der Waals surface area contributed by atoms with Gasteiger partial charge in [0.05, 0.1) is 6.61 Å². The molecule has 2 aromatic rings. The van der Waals surface area contributed by atoms with Gasteiger partial charge in [0.15, 0.2) is 0 Å². The molecule has 120 valence electrons. The zero-order valence-electron chi connectivity index (χ0n) is 13.4. The van der Waals surface area contributed by atoms with Crippen LogP contribution in [0.1, 0.15) is 24.5 Å². The first kappa shape index (κ1) is 15.4. The van der Waals surface area contributed by atoms with Gasteiger partial charge in [0, 0.05) is 18.8 Å². The smallest absolute Gasteiger partial charge is 0.322 e. The average Bonchev–Trinajstić information content (AvgIpc) is 2.60. The maximum atomic E-state index is 12.5. The van der Waals surface area contributed by atoms with Gasteiger partial charge in [0.2, 0.25) is 0 Å². The van der Waals surface area contributed by atoms with E-state index in [1.54, 1.807) is 0 Å². The predicted octanol–water partition coefficient (Wildman–Crippen LogP) is 3.75. The number of aryl methyl sites for hydroxylation is 1. The van der Waals surface area contributed by atoms with Crippen molar-refractivity contribution in [2.24, 2.45) is 0 Å². The van der Waals surface area contributed by atoms with Crippen LogP contribution in [-0.4, -0.2) is 19.2 Å². The van der Waals surface area contributed by atoms with E-state index >= 15 is 0 Å². The zero-order valence-corrected chi connectivity index (χ0v) is 13.4. The molecule has 0 aromatic heterocycles. The number of hydrogen-bond acceptors (Lipinski definition) is 2. The standard InChI is InChI=1S/C19H22N2O2/c1-2-23-17-11-9-15(10-12-17)14-20-19(22)21-13-5-7-16-6-3-4-8-18(16)21/h3-4,6,8-12H,2,5,7,13-14H2,1H3,(H,20,22). The van der Waals surface area contributed by atoms with Crippen LogP contribution in [0.4, 0.5) is 10.5 Å². The molecule has 4 nitrogen and oxygen atoms in total. The van der Waals surface area contributed by atoms with Crippen molar-refractivity contribution < 1.29 is 9.53 Å². The van der Waals surface area contributed by atoms with Crippen LogP contribution in [0, 0.1) is 0 Å². The number of anilines is 1. The van der Waals surface area contributed by atoms with Gasteiger partial charge >= 0.3 is 6.03 Å². The van der Waals surface area contributed by atoms with Crippen molar-refractivity contribution in [1.29, 1.82) is 0 Å². The third-order valence-electron chi connectivity index (χ3n) is 4.03. The number of benzene rings is 2. The Labute approximate surface area is 137 Å². The first-order valence-corrected chi connectivity index (χ1v) is 8.13. The number of carbonyl (C=O) groups excluding carboxylic acids is 1. The lowest BCUT2D eigenvalue weighted by molar-refractivity contribution is 0.245. The molecular weight excluding hydrogens is 288 g/mol. The number of hydrogen-bond donors (Lipinski definition) is 1. The molecule has 0 saturated heterocycles. The Bertz CT molecular complexity index is 667. The molecule has 4 heteroatoms. The highest BCUT2D eigenvalue weighted by molar-refractivity contribution is 5.93. The Morgan fingerprint density at radius 2 is 1.96 bits per heavy atom. The van der Waals surface area contributed by atoms with Crippen LogP contribution >= 0.6 is 0 Å². The molecule has 0 atom stereocenters. The highest BCUT2D eigenvalue weighted by Gasteiger charge is 2.21.